The molecule has 4 N–H and O–H groups in total. The Kier molecular flexibility index (Phi) is 58.0. The smallest absolute Gasteiger partial charge is 0.466 e. The first-order chi connectivity index (χ1) is 63.1. The lowest BCUT2D eigenvalue weighted by Gasteiger charge is -2.36. The van der Waals surface area contributed by atoms with Crippen LogP contribution < -0.4 is 10.6 Å². The standard InChI is InChI=1S/C27H41N3O5S.C26H39N3O3.C16H23NO2.C10H18O5.C9H17NO2.C6H15N.C5H11NO.CH3ClO2S.CH4/c1-36(33,34)35-25-11-17-30(18-12-25)27(32)20-23-9-15-29(16-10-23)26(31)19-22-7-13-28(14-8-22)21-24-5-3-2-4-6-24;30-24-10-16-29(17-11-24)26(32)19-22-8-14-28(15-9-22)25(31)18-21-6-12-27(13-7-21)20-23-4-2-1-3-5-23;1-2-19-16(18)12-14-8-10-17(11-9-14)13-15-6-4-3-5-7-15;1-9(2,3)14-7(11)13-8(12)15-10(4,5)6;1-2-12-9(11)7-8-3-5-10-6-4-8;1-4-7(5-2)6-3;7-5-1-3-6-4-2-5;1-5(2,3)4;/h2-6,22-23,25H,7-21H2,1H3;1-5,21-22,24,30H,6-20H2;3-7,14H,2,8-13H2,1H3;1-6H3;8,10H,2-7H2,1H3;4-6H2,1-3H3;5-7H,1-4H2;1H3;1H4. The van der Waals surface area contributed by atoms with E-state index in [1.54, 1.807) is 41.5 Å². The summed E-state index contributed by atoms with van der Waals surface area (Å²) in [4.78, 5) is 113. The molecule has 12 rings (SSSR count). The highest BCUT2D eigenvalue weighted by Gasteiger charge is 2.35. The van der Waals surface area contributed by atoms with Gasteiger partial charge in [0.1, 0.15) is 11.2 Å². The van der Waals surface area contributed by atoms with Crippen LogP contribution in [-0.2, 0) is 95.4 Å². The largest absolute Gasteiger partial charge is 0.519 e. The van der Waals surface area contributed by atoms with E-state index in [1.807, 2.05) is 39.5 Å². The quantitative estimate of drug-likeness (QED) is 0.0201. The fourth-order valence-corrected chi connectivity index (χ4v) is 18.2. The van der Waals surface area contributed by atoms with Crippen molar-refractivity contribution in [3.8, 4) is 0 Å². The number of nitrogens with zero attached hydrogens (tertiary/aromatic N) is 8. The number of benzene rings is 3. The van der Waals surface area contributed by atoms with E-state index >= 15 is 0 Å². The number of piperidine rings is 9. The highest BCUT2D eigenvalue weighted by molar-refractivity contribution is 8.13. The van der Waals surface area contributed by atoms with Crippen LogP contribution in [0.15, 0.2) is 91.0 Å². The van der Waals surface area contributed by atoms with E-state index in [4.69, 9.17) is 28.2 Å². The molecule has 0 radical (unpaired) electrons. The Balaban J connectivity index is 0.000000346. The molecule has 9 saturated heterocycles. The molecular weight excluding hydrogens is 1770 g/mol. The van der Waals surface area contributed by atoms with Gasteiger partial charge in [-0.3, -0.25) is 47.7 Å². The molecule has 9 aliphatic heterocycles. The molecule has 134 heavy (non-hydrogen) atoms. The number of hydrogen-bond acceptors (Lipinski definition) is 26. The summed E-state index contributed by atoms with van der Waals surface area (Å²) in [5.74, 6) is 3.60. The molecule has 0 unspecified atom stereocenters. The Morgan fingerprint density at radius 1 is 0.381 bits per heavy atom. The predicted molar refractivity (Wildman–Crippen MR) is 528 cm³/mol. The second-order valence-corrected chi connectivity index (χ2v) is 43.2. The number of aliphatic hydroxyl groups is 2. The van der Waals surface area contributed by atoms with Gasteiger partial charge in [-0.15, -0.1) is 0 Å². The molecule has 9 fully saturated rings. The van der Waals surface area contributed by atoms with Crippen molar-refractivity contribution in [1.29, 1.82) is 0 Å². The summed E-state index contributed by atoms with van der Waals surface area (Å²) in [6.45, 7) is 43.9. The second kappa shape index (κ2) is 65.1. The third-order valence-corrected chi connectivity index (χ3v) is 25.8. The Morgan fingerprint density at radius 2 is 0.627 bits per heavy atom. The molecule has 0 aromatic heterocycles. The average molecular weight is 1950 g/mol. The summed E-state index contributed by atoms with van der Waals surface area (Å²) in [5.41, 5.74) is 2.68. The summed E-state index contributed by atoms with van der Waals surface area (Å²) in [7, 11) is -2.15. The van der Waals surface area contributed by atoms with Crippen LogP contribution >= 0.6 is 10.7 Å². The van der Waals surface area contributed by atoms with Crippen LogP contribution in [0.2, 0.25) is 0 Å². The highest BCUT2D eigenvalue weighted by Crippen LogP contribution is 2.31. The molecule has 0 aliphatic carbocycles. The molecule has 0 saturated carbocycles. The van der Waals surface area contributed by atoms with Gasteiger partial charge in [-0.2, -0.15) is 8.42 Å². The van der Waals surface area contributed by atoms with Crippen LogP contribution in [0.1, 0.15) is 254 Å². The van der Waals surface area contributed by atoms with Crippen molar-refractivity contribution in [3.05, 3.63) is 108 Å². The van der Waals surface area contributed by atoms with Gasteiger partial charge in [-0.1, -0.05) is 119 Å². The molecule has 0 spiro atoms. The van der Waals surface area contributed by atoms with Crippen LogP contribution in [0.5, 0.6) is 0 Å². The number of rotatable bonds is 25. The number of carbonyl (C=O) groups excluding carboxylic acids is 8. The summed E-state index contributed by atoms with van der Waals surface area (Å²) in [5, 5.41) is 24.9. The molecule has 4 amide bonds. The fourth-order valence-electron chi connectivity index (χ4n) is 17.5. The molecule has 3 aromatic rings. The zero-order chi connectivity index (χ0) is 97.8. The molecule has 9 aliphatic rings. The summed E-state index contributed by atoms with van der Waals surface area (Å²) in [6.07, 6.45) is 19.7. The van der Waals surface area contributed by atoms with Crippen LogP contribution in [-0.4, -0.2) is 307 Å². The van der Waals surface area contributed by atoms with E-state index in [-0.39, 0.29) is 55.4 Å². The van der Waals surface area contributed by atoms with E-state index in [0.29, 0.717) is 145 Å². The number of aliphatic hydroxyl groups excluding tert-OH is 2. The maximum Gasteiger partial charge on any atom is 0.519 e. The maximum atomic E-state index is 12.9. The SMILES string of the molecule is C.CC(C)(C)OC(=O)OC(=O)OC(C)(C)C.CCN(CC)CC.CCOC(=O)CC1CCN(Cc2ccccc2)CC1.CCOC(=O)CC1CCNCC1.CS(=O)(=O)Cl.CS(=O)(=O)OC1CCN(C(=O)CC2CCN(C(=O)CC3CCN(Cc4ccccc4)CC3)CC2)CC1.O=C(CC1CCN(C(=O)CC2CCN(Cc3ccccc3)CC2)CC1)N1CCC(O)CC1.OC1CCNCC1. The lowest BCUT2D eigenvalue weighted by molar-refractivity contribution is -0.145. The first kappa shape index (κ1) is 119. The summed E-state index contributed by atoms with van der Waals surface area (Å²) < 4.78 is 70.2. The molecule has 3 aromatic carbocycles. The average Bonchev–Trinajstić information content (AvgIpc) is 0.844. The number of halogens is 1. The minimum atomic E-state index is -3.46. The van der Waals surface area contributed by atoms with Crippen molar-refractivity contribution in [2.75, 3.05) is 163 Å². The molecule has 764 valence electrons. The molecule has 0 atom stereocenters. The number of nitrogens with one attached hydrogen (secondary N) is 2. The van der Waals surface area contributed by atoms with Gasteiger partial charge in [0, 0.05) is 121 Å². The second-order valence-electron chi connectivity index (χ2n) is 38.6. The number of amides is 4. The van der Waals surface area contributed by atoms with E-state index in [9.17, 15) is 60.3 Å². The Morgan fingerprint density at radius 3 is 0.873 bits per heavy atom. The zero-order valence-corrected chi connectivity index (χ0v) is 85.1. The number of ether oxygens (including phenoxy) is 5. The number of hydrogen-bond donors (Lipinski definition) is 4. The zero-order valence-electron chi connectivity index (χ0n) is 82.7. The van der Waals surface area contributed by atoms with Gasteiger partial charge in [-0.05, 0) is 308 Å². The predicted octanol–water partition coefficient (Wildman–Crippen LogP) is 14.3. The van der Waals surface area contributed by atoms with Gasteiger partial charge in [0.2, 0.25) is 32.7 Å². The maximum absolute atomic E-state index is 12.9. The molecular formula is C101H171ClN10O20S2. The Bertz CT molecular complexity index is 3930. The van der Waals surface area contributed by atoms with Crippen LogP contribution in [0, 0.1) is 35.5 Å². The van der Waals surface area contributed by atoms with Gasteiger partial charge < -0.3 is 69.0 Å². The van der Waals surface area contributed by atoms with Crippen LogP contribution in [0.3, 0.4) is 0 Å². The van der Waals surface area contributed by atoms with Crippen molar-refractivity contribution < 1.29 is 93.3 Å². The van der Waals surface area contributed by atoms with Gasteiger partial charge in [0.05, 0.1) is 44.0 Å². The minimum absolute atomic E-state index is 0. The first-order valence-corrected chi connectivity index (χ1v) is 53.8. The third kappa shape index (κ3) is 55.6. The van der Waals surface area contributed by atoms with Gasteiger partial charge >= 0.3 is 24.2 Å². The van der Waals surface area contributed by atoms with Crippen molar-refractivity contribution in [3.63, 3.8) is 0 Å². The first-order valence-electron chi connectivity index (χ1n) is 49.3. The fraction of sp³-hybridized carbons (Fsp3) is 0.743. The Hall–Kier alpha value is -6.95. The lowest BCUT2D eigenvalue weighted by Crippen LogP contribution is -2.44. The summed E-state index contributed by atoms with van der Waals surface area (Å²) in [6, 6.07) is 31.7. The van der Waals surface area contributed by atoms with Crippen LogP contribution in [0.25, 0.3) is 0 Å². The molecule has 30 nitrogen and oxygen atoms in total. The highest BCUT2D eigenvalue weighted by atomic mass is 35.7. The van der Waals surface area contributed by atoms with E-state index in [1.165, 1.54) is 36.3 Å². The van der Waals surface area contributed by atoms with Gasteiger partial charge in [-0.25, -0.2) is 18.0 Å². The third-order valence-electron chi connectivity index (χ3n) is 25.2. The Labute approximate surface area is 809 Å². The molecule has 33 heteroatoms. The van der Waals surface area contributed by atoms with Crippen molar-refractivity contribution >= 4 is 77.7 Å². The van der Waals surface area contributed by atoms with E-state index in [2.05, 4.69) is 151 Å². The van der Waals surface area contributed by atoms with Gasteiger partial charge in [0.15, 0.2) is 0 Å². The number of carbonyl (C=O) groups is 8. The number of esters is 2. The number of likely N-dealkylation sites (tertiary alicyclic amines) is 7. The van der Waals surface area contributed by atoms with Crippen molar-refractivity contribution in [2.45, 2.75) is 287 Å². The monoisotopic (exact) mass is 1940 g/mol. The summed E-state index contributed by atoms with van der Waals surface area (Å²) >= 11 is 0. The molecule has 0 bridgehead atoms. The van der Waals surface area contributed by atoms with Crippen molar-refractivity contribution in [2.24, 2.45) is 35.5 Å². The lowest BCUT2D eigenvalue weighted by atomic mass is 9.90. The van der Waals surface area contributed by atoms with E-state index in [0.717, 1.165) is 214 Å². The minimum Gasteiger partial charge on any atom is -0.466 e. The molecule has 9 heterocycles. The van der Waals surface area contributed by atoms with E-state index < -0.39 is 42.7 Å². The normalized spacial score (nSPS) is 18.9. The van der Waals surface area contributed by atoms with Gasteiger partial charge in [0.25, 0.3) is 10.1 Å². The van der Waals surface area contributed by atoms with Crippen LogP contribution in [0.4, 0.5) is 9.59 Å². The topological polar surface area (TPSA) is 351 Å². The van der Waals surface area contributed by atoms with Crippen molar-refractivity contribution in [1.82, 2.24) is 49.8 Å².